The fourth-order valence-electron chi connectivity index (χ4n) is 7.84. The Bertz CT molecular complexity index is 2880. The van der Waals surface area contributed by atoms with E-state index in [2.05, 4.69) is 42.5 Å². The second-order valence-corrected chi connectivity index (χ2v) is 11.4. The Kier molecular flexibility index (Phi) is 3.44. The molecule has 0 radical (unpaired) electrons. The number of nitrogens with zero attached hydrogens (tertiary/aromatic N) is 4. The molecule has 42 heavy (non-hydrogen) atoms. The van der Waals surface area contributed by atoms with Gasteiger partial charge in [0.25, 0.3) is 5.56 Å². The van der Waals surface area contributed by atoms with Gasteiger partial charge in [0.1, 0.15) is 11.5 Å². The summed E-state index contributed by atoms with van der Waals surface area (Å²) < 4.78 is 3.69. The molecule has 0 saturated heterocycles. The Morgan fingerprint density at radius 1 is 0.571 bits per heavy atom. The highest BCUT2D eigenvalue weighted by Crippen LogP contribution is 2.49. The Hall–Kier alpha value is -5.59. The van der Waals surface area contributed by atoms with Crippen LogP contribution in [-0.4, -0.2) is 24.0 Å². The highest BCUT2D eigenvalue weighted by Gasteiger charge is 2.30. The zero-order valence-electron chi connectivity index (χ0n) is 22.0. The summed E-state index contributed by atoms with van der Waals surface area (Å²) in [6, 6.07) is 32.6. The zero-order valence-corrected chi connectivity index (χ0v) is 22.0. The summed E-state index contributed by atoms with van der Waals surface area (Å²) in [5.74, 6) is 0.778. The predicted molar refractivity (Wildman–Crippen MR) is 168 cm³/mol. The molecule has 6 heteroatoms. The van der Waals surface area contributed by atoms with Crippen LogP contribution in [0.15, 0.2) is 102 Å². The minimum Gasteiger partial charge on any atom is -0.369 e. The van der Waals surface area contributed by atoms with Crippen LogP contribution < -0.4 is 5.56 Å². The molecule has 7 aromatic carbocycles. The van der Waals surface area contributed by atoms with Gasteiger partial charge in [0.2, 0.25) is 0 Å². The van der Waals surface area contributed by atoms with Crippen molar-refractivity contribution in [3.8, 4) is 11.4 Å². The number of aliphatic hydroxyl groups is 1. The third kappa shape index (κ3) is 2.19. The van der Waals surface area contributed by atoms with Crippen LogP contribution >= 0.6 is 0 Å². The van der Waals surface area contributed by atoms with E-state index in [0.717, 1.165) is 87.5 Å². The van der Waals surface area contributed by atoms with Gasteiger partial charge >= 0.3 is 0 Å². The lowest BCUT2D eigenvalue weighted by Gasteiger charge is -2.27. The van der Waals surface area contributed by atoms with Crippen molar-refractivity contribution in [3.05, 3.63) is 113 Å². The van der Waals surface area contributed by atoms with Gasteiger partial charge in [0.15, 0.2) is 6.23 Å². The Balaban J connectivity index is 1.35. The molecular formula is C36H18N4O2. The van der Waals surface area contributed by atoms with Crippen molar-refractivity contribution in [3.63, 3.8) is 0 Å². The maximum atomic E-state index is 14.0. The summed E-state index contributed by atoms with van der Waals surface area (Å²) in [4.78, 5) is 23.9. The molecule has 3 aromatic heterocycles. The maximum Gasteiger partial charge on any atom is 0.264 e. The number of aromatic nitrogens is 4. The molecule has 0 bridgehead atoms. The highest BCUT2D eigenvalue weighted by atomic mass is 16.3. The van der Waals surface area contributed by atoms with Crippen molar-refractivity contribution in [2.45, 2.75) is 6.23 Å². The molecule has 0 amide bonds. The van der Waals surface area contributed by atoms with Crippen molar-refractivity contribution in [1.82, 2.24) is 18.9 Å². The smallest absolute Gasteiger partial charge is 0.264 e. The first kappa shape index (κ1) is 21.2. The van der Waals surface area contributed by atoms with E-state index in [0.29, 0.717) is 11.0 Å². The third-order valence-corrected chi connectivity index (χ3v) is 9.53. The van der Waals surface area contributed by atoms with Crippen molar-refractivity contribution in [2.75, 3.05) is 0 Å². The topological polar surface area (TPSA) is 72.4 Å². The first-order valence-corrected chi connectivity index (χ1v) is 14.1. The van der Waals surface area contributed by atoms with E-state index in [1.807, 2.05) is 59.2 Å². The van der Waals surface area contributed by atoms with E-state index in [1.54, 1.807) is 4.40 Å². The van der Waals surface area contributed by atoms with Crippen LogP contribution in [-0.2, 0) is 0 Å². The minimum absolute atomic E-state index is 0.0482. The average molecular weight is 539 g/mol. The average Bonchev–Trinajstić information content (AvgIpc) is 3.61. The molecule has 1 unspecified atom stereocenters. The van der Waals surface area contributed by atoms with Crippen LogP contribution in [0.25, 0.3) is 93.0 Å². The van der Waals surface area contributed by atoms with E-state index >= 15 is 0 Å². The summed E-state index contributed by atoms with van der Waals surface area (Å²) in [5, 5.41) is 21.9. The number of hydrogen-bond donors (Lipinski definition) is 1. The lowest BCUT2D eigenvalue weighted by Crippen LogP contribution is -2.16. The van der Waals surface area contributed by atoms with Crippen LogP contribution in [0.2, 0.25) is 0 Å². The molecular weight excluding hydrogens is 520 g/mol. The van der Waals surface area contributed by atoms with Gasteiger partial charge in [-0.25, -0.2) is 9.97 Å². The lowest BCUT2D eigenvalue weighted by molar-refractivity contribution is 0.152. The molecule has 4 heterocycles. The van der Waals surface area contributed by atoms with Gasteiger partial charge in [0, 0.05) is 32.7 Å². The Morgan fingerprint density at radius 3 is 1.93 bits per heavy atom. The number of fused-ring (bicyclic) bond motifs is 10. The molecule has 1 atom stereocenters. The fraction of sp³-hybridized carbons (Fsp3) is 0.0278. The fourth-order valence-corrected chi connectivity index (χ4v) is 7.84. The number of aliphatic hydroxyl groups excluding tert-OH is 1. The molecule has 1 N–H and O–H groups in total. The molecule has 0 fully saturated rings. The van der Waals surface area contributed by atoms with Crippen molar-refractivity contribution in [1.29, 1.82) is 0 Å². The van der Waals surface area contributed by atoms with Gasteiger partial charge in [-0.1, -0.05) is 54.6 Å². The van der Waals surface area contributed by atoms with Gasteiger partial charge in [-0.05, 0) is 74.8 Å². The summed E-state index contributed by atoms with van der Waals surface area (Å²) >= 11 is 0. The summed E-state index contributed by atoms with van der Waals surface area (Å²) in [5.41, 5.74) is 5.95. The van der Waals surface area contributed by atoms with Gasteiger partial charge in [-0.3, -0.25) is 13.8 Å². The number of para-hydroxylation sites is 4. The van der Waals surface area contributed by atoms with E-state index in [-0.39, 0.29) is 5.56 Å². The molecule has 1 aliphatic heterocycles. The molecule has 11 rings (SSSR count). The van der Waals surface area contributed by atoms with Crippen molar-refractivity contribution < 1.29 is 5.11 Å². The van der Waals surface area contributed by atoms with Gasteiger partial charge in [-0.2, -0.15) is 0 Å². The molecule has 0 aliphatic carbocycles. The van der Waals surface area contributed by atoms with Crippen molar-refractivity contribution >= 4 is 81.6 Å². The summed E-state index contributed by atoms with van der Waals surface area (Å²) in [6.45, 7) is 0. The molecule has 194 valence electrons. The maximum absolute atomic E-state index is 14.0. The molecule has 6 nitrogen and oxygen atoms in total. The third-order valence-electron chi connectivity index (χ3n) is 9.53. The number of benzene rings is 7. The number of hydrogen-bond acceptors (Lipinski definition) is 4. The Morgan fingerprint density at radius 2 is 1.14 bits per heavy atom. The Labute approximate surface area is 236 Å². The minimum atomic E-state index is -0.841. The van der Waals surface area contributed by atoms with Crippen LogP contribution in [0, 0.1) is 0 Å². The second-order valence-electron chi connectivity index (χ2n) is 11.4. The SMILES string of the molecule is O=c1c2ccc3c4ccc5c6c(ccc(c7ccc(c2c37)c2nc3ccccc3n12)c64)-c1nc2ccccc2n1C5O. The van der Waals surface area contributed by atoms with Crippen LogP contribution in [0.4, 0.5) is 0 Å². The van der Waals surface area contributed by atoms with E-state index in [4.69, 9.17) is 9.97 Å². The highest BCUT2D eigenvalue weighted by molar-refractivity contribution is 6.38. The quantitative estimate of drug-likeness (QED) is 0.162. The largest absolute Gasteiger partial charge is 0.369 e. The van der Waals surface area contributed by atoms with E-state index < -0.39 is 6.23 Å². The molecule has 0 spiro atoms. The first-order valence-electron chi connectivity index (χ1n) is 14.1. The zero-order chi connectivity index (χ0) is 27.4. The number of rotatable bonds is 0. The predicted octanol–water partition coefficient (Wildman–Crippen LogP) is 7.36. The molecule has 10 aromatic rings. The van der Waals surface area contributed by atoms with Crippen LogP contribution in [0.5, 0.6) is 0 Å². The number of imidazole rings is 2. The lowest BCUT2D eigenvalue weighted by atomic mass is 9.84. The second kappa shape index (κ2) is 6.82. The van der Waals surface area contributed by atoms with Gasteiger partial charge < -0.3 is 5.11 Å². The van der Waals surface area contributed by atoms with Gasteiger partial charge in [-0.15, -0.1) is 0 Å². The van der Waals surface area contributed by atoms with Crippen LogP contribution in [0.1, 0.15) is 11.8 Å². The molecule has 0 saturated carbocycles. The number of pyridine rings is 1. The van der Waals surface area contributed by atoms with E-state index in [1.165, 1.54) is 0 Å². The standard InChI is InChI=1S/C36H18N4O2/c41-35-23-15-11-19-20-12-16-24-32-22(34-38-26-6-2-4-8-28(26)40(34)36(24)42)14-10-18(30(20)32)17-9-13-21(31(23)29(17)19)33-37-25-5-1-3-7-27(25)39(33)35/h1-16,35,41H. The summed E-state index contributed by atoms with van der Waals surface area (Å²) in [6.07, 6.45) is -0.841. The van der Waals surface area contributed by atoms with E-state index in [9.17, 15) is 9.90 Å². The summed E-state index contributed by atoms with van der Waals surface area (Å²) in [7, 11) is 0. The van der Waals surface area contributed by atoms with Crippen molar-refractivity contribution in [2.24, 2.45) is 0 Å². The molecule has 1 aliphatic rings. The first-order chi connectivity index (χ1) is 20.7. The van der Waals surface area contributed by atoms with Gasteiger partial charge in [0.05, 0.1) is 22.1 Å². The normalized spacial score (nSPS) is 15.1. The monoisotopic (exact) mass is 538 g/mol. The van der Waals surface area contributed by atoms with Crippen LogP contribution in [0.3, 0.4) is 0 Å².